The topological polar surface area (TPSA) is 38.3 Å². The van der Waals surface area contributed by atoms with E-state index in [-0.39, 0.29) is 5.91 Å². The molecule has 0 fully saturated rings. The molecule has 1 amide bonds. The smallest absolute Gasteiger partial charge is 0.275 e. The first-order chi connectivity index (χ1) is 6.69. The maximum Gasteiger partial charge on any atom is 0.275 e. The van der Waals surface area contributed by atoms with Crippen molar-refractivity contribution in [1.82, 2.24) is 5.48 Å². The highest BCUT2D eigenvalue weighted by atomic mass is 79.9. The highest BCUT2D eigenvalue weighted by Gasteiger charge is 2.09. The molecule has 0 aromatic heterocycles. The molecule has 3 nitrogen and oxygen atoms in total. The summed E-state index contributed by atoms with van der Waals surface area (Å²) in [6, 6.07) is 5.55. The Labute approximate surface area is 91.5 Å². The number of rotatable bonds is 3. The quantitative estimate of drug-likeness (QED) is 0.845. The Hall–Kier alpha value is -0.870. The summed E-state index contributed by atoms with van der Waals surface area (Å²) in [6.07, 6.45) is 0.811. The van der Waals surface area contributed by atoms with E-state index in [1.54, 1.807) is 6.07 Å². The summed E-state index contributed by atoms with van der Waals surface area (Å²) in [7, 11) is 1.42. The van der Waals surface area contributed by atoms with Gasteiger partial charge in [0.2, 0.25) is 0 Å². The minimum atomic E-state index is -0.211. The number of carbonyl (C=O) groups excluding carboxylic acids is 1. The molecule has 0 aliphatic carbocycles. The first-order valence-electron chi connectivity index (χ1n) is 4.30. The van der Waals surface area contributed by atoms with Crippen molar-refractivity contribution in [3.8, 4) is 0 Å². The van der Waals surface area contributed by atoms with Gasteiger partial charge in [-0.05, 0) is 30.2 Å². The lowest BCUT2D eigenvalue weighted by Crippen LogP contribution is -2.23. The standard InChI is InChI=1S/C10H12BrNO2/c1-3-7-6-8(11)4-5-9(7)10(13)12-14-2/h4-6H,3H2,1-2H3,(H,12,13). The predicted octanol–water partition coefficient (Wildman–Crippen LogP) is 2.30. The van der Waals surface area contributed by atoms with Crippen LogP contribution in [0.2, 0.25) is 0 Å². The average Bonchev–Trinajstić information content (AvgIpc) is 2.17. The molecule has 4 heteroatoms. The van der Waals surface area contributed by atoms with Crippen molar-refractivity contribution in [3.63, 3.8) is 0 Å². The van der Waals surface area contributed by atoms with E-state index in [1.165, 1.54) is 7.11 Å². The molecule has 0 radical (unpaired) electrons. The Bertz CT molecular complexity index is 339. The van der Waals surface area contributed by atoms with Gasteiger partial charge in [-0.2, -0.15) is 0 Å². The molecule has 1 N–H and O–H groups in total. The van der Waals surface area contributed by atoms with E-state index in [4.69, 9.17) is 0 Å². The second kappa shape index (κ2) is 5.12. The molecule has 0 unspecified atom stereocenters. The Morgan fingerprint density at radius 3 is 2.86 bits per heavy atom. The Balaban J connectivity index is 3.01. The molecule has 1 aromatic carbocycles. The minimum absolute atomic E-state index is 0.211. The normalized spacial score (nSPS) is 9.93. The van der Waals surface area contributed by atoms with Gasteiger partial charge in [-0.25, -0.2) is 5.48 Å². The third kappa shape index (κ3) is 2.56. The predicted molar refractivity (Wildman–Crippen MR) is 58.0 cm³/mol. The van der Waals surface area contributed by atoms with Gasteiger partial charge in [0.05, 0.1) is 7.11 Å². The fraction of sp³-hybridized carbons (Fsp3) is 0.300. The van der Waals surface area contributed by atoms with Crippen LogP contribution in [0.5, 0.6) is 0 Å². The van der Waals surface area contributed by atoms with Crippen LogP contribution in [0.3, 0.4) is 0 Å². The monoisotopic (exact) mass is 257 g/mol. The van der Waals surface area contributed by atoms with Crippen LogP contribution in [0, 0.1) is 0 Å². The molecule has 0 atom stereocenters. The number of nitrogens with one attached hydrogen (secondary N) is 1. The van der Waals surface area contributed by atoms with Crippen molar-refractivity contribution in [2.24, 2.45) is 0 Å². The van der Waals surface area contributed by atoms with E-state index in [1.807, 2.05) is 19.1 Å². The van der Waals surface area contributed by atoms with Crippen LogP contribution in [-0.2, 0) is 11.3 Å². The van der Waals surface area contributed by atoms with Gasteiger partial charge in [-0.3, -0.25) is 9.63 Å². The highest BCUT2D eigenvalue weighted by molar-refractivity contribution is 9.10. The molecule has 0 aliphatic heterocycles. The zero-order valence-electron chi connectivity index (χ0n) is 8.13. The Morgan fingerprint density at radius 1 is 1.57 bits per heavy atom. The van der Waals surface area contributed by atoms with Gasteiger partial charge in [0.1, 0.15) is 0 Å². The zero-order chi connectivity index (χ0) is 10.6. The second-order valence-corrected chi connectivity index (χ2v) is 3.71. The molecule has 0 aliphatic rings. The molecule has 0 saturated carbocycles. The first-order valence-corrected chi connectivity index (χ1v) is 5.10. The molecular weight excluding hydrogens is 246 g/mol. The lowest BCUT2D eigenvalue weighted by molar-refractivity contribution is 0.0536. The maximum atomic E-state index is 11.5. The number of carbonyl (C=O) groups is 1. The van der Waals surface area contributed by atoms with Crippen molar-refractivity contribution >= 4 is 21.8 Å². The number of hydroxylamine groups is 1. The zero-order valence-corrected chi connectivity index (χ0v) is 9.72. The van der Waals surface area contributed by atoms with Crippen LogP contribution >= 0.6 is 15.9 Å². The third-order valence-electron chi connectivity index (χ3n) is 1.89. The number of hydrogen-bond acceptors (Lipinski definition) is 2. The molecular formula is C10H12BrNO2. The second-order valence-electron chi connectivity index (χ2n) is 2.79. The minimum Gasteiger partial charge on any atom is -0.277 e. The molecule has 0 heterocycles. The van der Waals surface area contributed by atoms with Gasteiger partial charge < -0.3 is 0 Å². The fourth-order valence-corrected chi connectivity index (χ4v) is 1.63. The summed E-state index contributed by atoms with van der Waals surface area (Å²) in [4.78, 5) is 16.1. The van der Waals surface area contributed by atoms with Crippen LogP contribution in [0.1, 0.15) is 22.8 Å². The van der Waals surface area contributed by atoms with Crippen molar-refractivity contribution in [3.05, 3.63) is 33.8 Å². The van der Waals surface area contributed by atoms with E-state index in [0.29, 0.717) is 5.56 Å². The van der Waals surface area contributed by atoms with Gasteiger partial charge in [-0.1, -0.05) is 22.9 Å². The summed E-state index contributed by atoms with van der Waals surface area (Å²) in [5.41, 5.74) is 3.95. The summed E-state index contributed by atoms with van der Waals surface area (Å²) >= 11 is 3.36. The van der Waals surface area contributed by atoms with E-state index in [0.717, 1.165) is 16.5 Å². The largest absolute Gasteiger partial charge is 0.277 e. The number of amides is 1. The van der Waals surface area contributed by atoms with Crippen LogP contribution in [-0.4, -0.2) is 13.0 Å². The van der Waals surface area contributed by atoms with E-state index < -0.39 is 0 Å². The molecule has 0 bridgehead atoms. The van der Waals surface area contributed by atoms with Gasteiger partial charge in [0, 0.05) is 10.0 Å². The molecule has 1 aromatic rings. The first kappa shape index (κ1) is 11.2. The van der Waals surface area contributed by atoms with Crippen LogP contribution in [0.15, 0.2) is 22.7 Å². The van der Waals surface area contributed by atoms with Crippen molar-refractivity contribution in [2.75, 3.05) is 7.11 Å². The molecule has 0 saturated heterocycles. The van der Waals surface area contributed by atoms with E-state index in [9.17, 15) is 4.79 Å². The van der Waals surface area contributed by atoms with E-state index in [2.05, 4.69) is 26.2 Å². The third-order valence-corrected chi connectivity index (χ3v) is 2.38. The van der Waals surface area contributed by atoms with E-state index >= 15 is 0 Å². The highest BCUT2D eigenvalue weighted by Crippen LogP contribution is 2.17. The number of aryl methyl sites for hydroxylation is 1. The van der Waals surface area contributed by atoms with Gasteiger partial charge in [0.15, 0.2) is 0 Å². The Morgan fingerprint density at radius 2 is 2.29 bits per heavy atom. The summed E-state index contributed by atoms with van der Waals surface area (Å²) in [5.74, 6) is -0.211. The maximum absolute atomic E-state index is 11.5. The SMILES string of the molecule is CCc1cc(Br)ccc1C(=O)NOC. The van der Waals surface area contributed by atoms with Crippen molar-refractivity contribution in [1.29, 1.82) is 0 Å². The van der Waals surface area contributed by atoms with Crippen LogP contribution < -0.4 is 5.48 Å². The van der Waals surface area contributed by atoms with Crippen LogP contribution in [0.4, 0.5) is 0 Å². The van der Waals surface area contributed by atoms with Gasteiger partial charge in [-0.15, -0.1) is 0 Å². The van der Waals surface area contributed by atoms with Crippen LogP contribution in [0.25, 0.3) is 0 Å². The molecule has 14 heavy (non-hydrogen) atoms. The Kier molecular flexibility index (Phi) is 4.10. The van der Waals surface area contributed by atoms with Crippen molar-refractivity contribution in [2.45, 2.75) is 13.3 Å². The lowest BCUT2D eigenvalue weighted by atomic mass is 10.1. The number of halogens is 1. The van der Waals surface area contributed by atoms with Gasteiger partial charge in [0.25, 0.3) is 5.91 Å². The lowest BCUT2D eigenvalue weighted by Gasteiger charge is -2.07. The molecule has 0 spiro atoms. The molecule has 1 rings (SSSR count). The number of hydrogen-bond donors (Lipinski definition) is 1. The van der Waals surface area contributed by atoms with Crippen molar-refractivity contribution < 1.29 is 9.63 Å². The van der Waals surface area contributed by atoms with Gasteiger partial charge >= 0.3 is 0 Å². The average molecular weight is 258 g/mol. The summed E-state index contributed by atoms with van der Waals surface area (Å²) in [6.45, 7) is 2.01. The summed E-state index contributed by atoms with van der Waals surface area (Å²) < 4.78 is 0.975. The fourth-order valence-electron chi connectivity index (χ4n) is 1.22. The number of benzene rings is 1. The summed E-state index contributed by atoms with van der Waals surface area (Å²) in [5, 5.41) is 0. The molecule has 76 valence electrons.